The van der Waals surface area contributed by atoms with E-state index in [9.17, 15) is 13.2 Å². The van der Waals surface area contributed by atoms with E-state index in [4.69, 9.17) is 17.3 Å². The van der Waals surface area contributed by atoms with Gasteiger partial charge in [-0.3, -0.25) is 0 Å². The summed E-state index contributed by atoms with van der Waals surface area (Å²) in [6, 6.07) is 1.17. The van der Waals surface area contributed by atoms with E-state index in [1.54, 1.807) is 0 Å². The van der Waals surface area contributed by atoms with Crippen LogP contribution in [-0.4, -0.2) is 11.3 Å². The lowest BCUT2D eigenvalue weighted by molar-refractivity contribution is -0.276. The number of nitrogen functional groups attached to an aromatic ring is 1. The van der Waals surface area contributed by atoms with Gasteiger partial charge < -0.3 is 10.5 Å². The summed E-state index contributed by atoms with van der Waals surface area (Å²) in [5, 5.41) is 0.0476. The number of nitrogens with zero attached hydrogens (tertiary/aromatic N) is 1. The zero-order chi connectivity index (χ0) is 10.9. The summed E-state index contributed by atoms with van der Waals surface area (Å²) < 4.78 is 38.9. The highest BCUT2D eigenvalue weighted by Crippen LogP contribution is 2.32. The maximum Gasteiger partial charge on any atom is 0.574 e. The van der Waals surface area contributed by atoms with Crippen molar-refractivity contribution in [3.05, 3.63) is 15.6 Å². The molecule has 1 rings (SSSR count). The number of rotatable bonds is 1. The Morgan fingerprint density at radius 1 is 1.50 bits per heavy atom. The monoisotopic (exact) mass is 290 g/mol. The van der Waals surface area contributed by atoms with Crippen LogP contribution in [0.25, 0.3) is 0 Å². The van der Waals surface area contributed by atoms with Gasteiger partial charge in [0.05, 0.1) is 9.50 Å². The Hall–Kier alpha value is -0.690. The van der Waals surface area contributed by atoms with Crippen molar-refractivity contribution < 1.29 is 17.9 Å². The number of hydrogen-bond donors (Lipinski definition) is 1. The Bertz CT molecular complexity index is 358. The maximum atomic E-state index is 11.8. The van der Waals surface area contributed by atoms with Crippen molar-refractivity contribution in [3.8, 4) is 5.88 Å². The molecule has 0 bridgehead atoms. The van der Waals surface area contributed by atoms with Crippen LogP contribution in [0, 0.1) is 0 Å². The molecular formula is C6H3BrClF3N2O. The van der Waals surface area contributed by atoms with E-state index in [1.165, 1.54) is 6.07 Å². The zero-order valence-electron chi connectivity index (χ0n) is 6.40. The zero-order valence-corrected chi connectivity index (χ0v) is 8.74. The summed E-state index contributed by atoms with van der Waals surface area (Å²) >= 11 is 8.31. The Morgan fingerprint density at radius 2 is 2.07 bits per heavy atom. The molecule has 2 N–H and O–H groups in total. The molecule has 78 valence electrons. The van der Waals surface area contributed by atoms with E-state index in [2.05, 4.69) is 25.7 Å². The number of pyridine rings is 1. The van der Waals surface area contributed by atoms with Gasteiger partial charge in [-0.05, 0) is 22.0 Å². The summed E-state index contributed by atoms with van der Waals surface area (Å²) in [5.41, 5.74) is 5.20. The van der Waals surface area contributed by atoms with Crippen molar-refractivity contribution in [3.63, 3.8) is 0 Å². The number of halogens is 5. The van der Waals surface area contributed by atoms with Crippen LogP contribution in [0.15, 0.2) is 10.5 Å². The second-order valence-corrected chi connectivity index (χ2v) is 3.45. The normalized spacial score (nSPS) is 11.5. The molecule has 14 heavy (non-hydrogen) atoms. The minimum Gasteiger partial charge on any atom is -0.387 e. The predicted octanol–water partition coefficient (Wildman–Crippen LogP) is 2.98. The molecule has 1 aromatic heterocycles. The first-order valence-electron chi connectivity index (χ1n) is 3.17. The van der Waals surface area contributed by atoms with Crippen LogP contribution in [0.3, 0.4) is 0 Å². The quantitative estimate of drug-likeness (QED) is 0.865. The SMILES string of the molecule is Nc1nc(OC(F)(F)F)c(Br)cc1Cl. The summed E-state index contributed by atoms with van der Waals surface area (Å²) in [6.07, 6.45) is -4.81. The number of ether oxygens (including phenoxy) is 1. The Balaban J connectivity index is 3.04. The lowest BCUT2D eigenvalue weighted by Crippen LogP contribution is -2.18. The van der Waals surface area contributed by atoms with Gasteiger partial charge in [-0.1, -0.05) is 11.6 Å². The summed E-state index contributed by atoms with van der Waals surface area (Å²) in [5.74, 6) is -0.895. The first-order valence-corrected chi connectivity index (χ1v) is 4.34. The molecule has 0 unspecified atom stereocenters. The Labute approximate surface area is 90.1 Å². The fourth-order valence-electron chi connectivity index (χ4n) is 0.644. The fraction of sp³-hybridized carbons (Fsp3) is 0.167. The Morgan fingerprint density at radius 3 is 2.57 bits per heavy atom. The highest BCUT2D eigenvalue weighted by Gasteiger charge is 2.33. The first-order chi connectivity index (χ1) is 6.29. The van der Waals surface area contributed by atoms with Crippen molar-refractivity contribution >= 4 is 33.3 Å². The van der Waals surface area contributed by atoms with E-state index >= 15 is 0 Å². The van der Waals surface area contributed by atoms with Gasteiger partial charge in [0.1, 0.15) is 5.82 Å². The molecule has 0 aliphatic carbocycles. The van der Waals surface area contributed by atoms with Crippen LogP contribution in [0.5, 0.6) is 5.88 Å². The Kier molecular flexibility index (Phi) is 3.10. The highest BCUT2D eigenvalue weighted by atomic mass is 79.9. The molecule has 3 nitrogen and oxygen atoms in total. The average molecular weight is 291 g/mol. The number of aromatic nitrogens is 1. The van der Waals surface area contributed by atoms with Gasteiger partial charge in [0.25, 0.3) is 0 Å². The fourth-order valence-corrected chi connectivity index (χ4v) is 1.33. The number of nitrogens with two attached hydrogens (primary N) is 1. The molecule has 0 saturated carbocycles. The average Bonchev–Trinajstić information content (AvgIpc) is 1.97. The van der Waals surface area contributed by atoms with Crippen molar-refractivity contribution in [2.45, 2.75) is 6.36 Å². The van der Waals surface area contributed by atoms with Gasteiger partial charge in [0.2, 0.25) is 5.88 Å². The van der Waals surface area contributed by atoms with Crippen molar-refractivity contribution in [1.82, 2.24) is 4.98 Å². The third-order valence-corrected chi connectivity index (χ3v) is 2.01. The molecule has 1 aromatic rings. The van der Waals surface area contributed by atoms with Gasteiger partial charge >= 0.3 is 6.36 Å². The molecule has 0 aliphatic rings. The van der Waals surface area contributed by atoms with Crippen LogP contribution in [0.2, 0.25) is 5.02 Å². The van der Waals surface area contributed by atoms with Crippen LogP contribution in [0.1, 0.15) is 0 Å². The van der Waals surface area contributed by atoms with E-state index in [0.717, 1.165) is 0 Å². The summed E-state index contributed by atoms with van der Waals surface area (Å²) in [6.45, 7) is 0. The molecule has 0 aromatic carbocycles. The molecule has 0 saturated heterocycles. The molecule has 1 heterocycles. The van der Waals surface area contributed by atoms with Crippen LogP contribution in [-0.2, 0) is 0 Å². The van der Waals surface area contributed by atoms with Gasteiger partial charge in [0.15, 0.2) is 0 Å². The van der Waals surface area contributed by atoms with Crippen molar-refractivity contribution in [2.24, 2.45) is 0 Å². The van der Waals surface area contributed by atoms with Crippen LogP contribution >= 0.6 is 27.5 Å². The van der Waals surface area contributed by atoms with Gasteiger partial charge in [0, 0.05) is 0 Å². The molecule has 0 amide bonds. The molecular weight excluding hydrogens is 288 g/mol. The van der Waals surface area contributed by atoms with Crippen LogP contribution < -0.4 is 10.5 Å². The molecule has 0 atom stereocenters. The third-order valence-electron chi connectivity index (χ3n) is 1.14. The molecule has 0 radical (unpaired) electrons. The molecule has 0 fully saturated rings. The van der Waals surface area contributed by atoms with Gasteiger partial charge in [-0.25, -0.2) is 0 Å². The second-order valence-electron chi connectivity index (χ2n) is 2.19. The van der Waals surface area contributed by atoms with E-state index < -0.39 is 12.2 Å². The van der Waals surface area contributed by atoms with E-state index in [-0.39, 0.29) is 15.3 Å². The van der Waals surface area contributed by atoms with Crippen molar-refractivity contribution in [2.75, 3.05) is 5.73 Å². The second kappa shape index (κ2) is 3.82. The lowest BCUT2D eigenvalue weighted by Gasteiger charge is -2.10. The summed E-state index contributed by atoms with van der Waals surface area (Å²) in [7, 11) is 0. The predicted molar refractivity (Wildman–Crippen MR) is 48.0 cm³/mol. The topological polar surface area (TPSA) is 48.1 Å². The number of alkyl halides is 3. The molecule has 8 heteroatoms. The minimum absolute atomic E-state index is 0.0194. The summed E-state index contributed by atoms with van der Waals surface area (Å²) in [4.78, 5) is 3.31. The van der Waals surface area contributed by atoms with E-state index in [1.807, 2.05) is 0 Å². The van der Waals surface area contributed by atoms with Gasteiger partial charge in [-0.2, -0.15) is 4.98 Å². The third kappa shape index (κ3) is 2.91. The standard InChI is InChI=1S/C6H3BrClF3N2O/c7-2-1-3(8)4(12)13-5(2)14-6(9,10)11/h1H,(H2,12,13). The molecule has 0 aliphatic heterocycles. The van der Waals surface area contributed by atoms with Crippen LogP contribution in [0.4, 0.5) is 19.0 Å². The maximum absolute atomic E-state index is 11.8. The number of hydrogen-bond acceptors (Lipinski definition) is 3. The highest BCUT2D eigenvalue weighted by molar-refractivity contribution is 9.10. The molecule has 0 spiro atoms. The lowest BCUT2D eigenvalue weighted by atomic mass is 10.4. The first kappa shape index (κ1) is 11.4. The van der Waals surface area contributed by atoms with E-state index in [0.29, 0.717) is 0 Å². The largest absolute Gasteiger partial charge is 0.574 e. The smallest absolute Gasteiger partial charge is 0.387 e. The van der Waals surface area contributed by atoms with Gasteiger partial charge in [-0.15, -0.1) is 13.2 Å². The minimum atomic E-state index is -4.81. The van der Waals surface area contributed by atoms with Crippen molar-refractivity contribution in [1.29, 1.82) is 0 Å². The number of anilines is 1.